The average Bonchev–Trinajstić information content (AvgIpc) is 3.16. The van der Waals surface area contributed by atoms with Crippen LogP contribution in [0.1, 0.15) is 20.7 Å². The third-order valence-electron chi connectivity index (χ3n) is 4.24. The Kier molecular flexibility index (Phi) is 5.39. The zero-order chi connectivity index (χ0) is 17.6. The topological polar surface area (TPSA) is 81.3 Å². The van der Waals surface area contributed by atoms with Gasteiger partial charge in [0.2, 0.25) is 0 Å². The second-order valence-corrected chi connectivity index (χ2v) is 5.86. The molecule has 7 nitrogen and oxygen atoms in total. The lowest BCUT2D eigenvalue weighted by Crippen LogP contribution is -2.50. The number of nitrogens with one attached hydrogen (secondary N) is 2. The van der Waals surface area contributed by atoms with Gasteiger partial charge in [0.05, 0.1) is 17.3 Å². The van der Waals surface area contributed by atoms with Crippen molar-refractivity contribution < 1.29 is 14.0 Å². The van der Waals surface area contributed by atoms with E-state index in [0.717, 1.165) is 13.1 Å². The summed E-state index contributed by atoms with van der Waals surface area (Å²) in [7, 11) is 0. The standard InChI is InChI=1S/C17H20FN5O2/c18-15-4-2-1-3-14(15)16(24)19-5-6-22-7-9-23(10-8-22)17(25)13-11-20-21-12-13/h1-4,11-12H,5-10H2,(H,19,24)(H,20,21). The Morgan fingerprint density at radius 2 is 1.96 bits per heavy atom. The summed E-state index contributed by atoms with van der Waals surface area (Å²) in [4.78, 5) is 28.1. The number of nitrogens with zero attached hydrogens (tertiary/aromatic N) is 3. The smallest absolute Gasteiger partial charge is 0.257 e. The molecule has 3 rings (SSSR count). The summed E-state index contributed by atoms with van der Waals surface area (Å²) in [5.41, 5.74) is 0.614. The molecule has 2 heterocycles. The summed E-state index contributed by atoms with van der Waals surface area (Å²) in [6.45, 7) is 3.83. The molecule has 1 saturated heterocycles. The number of carbonyl (C=O) groups excluding carboxylic acids is 2. The molecule has 1 aliphatic rings. The second kappa shape index (κ2) is 7.89. The van der Waals surface area contributed by atoms with E-state index in [1.54, 1.807) is 23.2 Å². The lowest BCUT2D eigenvalue weighted by Gasteiger charge is -2.34. The van der Waals surface area contributed by atoms with Crippen LogP contribution in [0.25, 0.3) is 0 Å². The Bertz CT molecular complexity index is 726. The molecule has 2 aromatic rings. The Labute approximate surface area is 144 Å². The van der Waals surface area contributed by atoms with Gasteiger partial charge < -0.3 is 10.2 Å². The van der Waals surface area contributed by atoms with E-state index in [2.05, 4.69) is 20.4 Å². The molecular formula is C17H20FN5O2. The van der Waals surface area contributed by atoms with Gasteiger partial charge in [-0.25, -0.2) is 4.39 Å². The molecular weight excluding hydrogens is 325 g/mol. The number of piperazine rings is 1. The number of amides is 2. The van der Waals surface area contributed by atoms with Gasteiger partial charge in [0, 0.05) is 45.5 Å². The Morgan fingerprint density at radius 1 is 1.20 bits per heavy atom. The summed E-state index contributed by atoms with van der Waals surface area (Å²) in [5, 5.41) is 9.16. The van der Waals surface area contributed by atoms with Gasteiger partial charge in [-0.3, -0.25) is 19.6 Å². The molecule has 0 spiro atoms. The highest BCUT2D eigenvalue weighted by molar-refractivity contribution is 5.94. The van der Waals surface area contributed by atoms with E-state index in [1.807, 2.05) is 0 Å². The van der Waals surface area contributed by atoms with Crippen molar-refractivity contribution in [3.63, 3.8) is 0 Å². The fourth-order valence-electron chi connectivity index (χ4n) is 2.79. The van der Waals surface area contributed by atoms with E-state index in [4.69, 9.17) is 0 Å². The van der Waals surface area contributed by atoms with Gasteiger partial charge in [-0.2, -0.15) is 5.10 Å². The van der Waals surface area contributed by atoms with Gasteiger partial charge in [0.25, 0.3) is 11.8 Å². The Morgan fingerprint density at radius 3 is 2.64 bits per heavy atom. The number of benzene rings is 1. The van der Waals surface area contributed by atoms with Crippen LogP contribution < -0.4 is 5.32 Å². The van der Waals surface area contributed by atoms with E-state index in [9.17, 15) is 14.0 Å². The summed E-state index contributed by atoms with van der Waals surface area (Å²) < 4.78 is 13.5. The molecule has 1 aliphatic heterocycles. The highest BCUT2D eigenvalue weighted by Crippen LogP contribution is 2.08. The molecule has 0 saturated carbocycles. The van der Waals surface area contributed by atoms with Crippen LogP contribution in [0.3, 0.4) is 0 Å². The third kappa shape index (κ3) is 4.21. The monoisotopic (exact) mass is 345 g/mol. The summed E-state index contributed by atoms with van der Waals surface area (Å²) >= 11 is 0. The van der Waals surface area contributed by atoms with Gasteiger partial charge in [0.15, 0.2) is 0 Å². The second-order valence-electron chi connectivity index (χ2n) is 5.86. The maximum atomic E-state index is 13.5. The first-order valence-electron chi connectivity index (χ1n) is 8.18. The normalized spacial score (nSPS) is 15.2. The van der Waals surface area contributed by atoms with Gasteiger partial charge >= 0.3 is 0 Å². The van der Waals surface area contributed by atoms with Crippen molar-refractivity contribution >= 4 is 11.8 Å². The van der Waals surface area contributed by atoms with E-state index >= 15 is 0 Å². The van der Waals surface area contributed by atoms with Crippen molar-refractivity contribution in [1.82, 2.24) is 25.3 Å². The minimum Gasteiger partial charge on any atom is -0.351 e. The zero-order valence-electron chi connectivity index (χ0n) is 13.7. The van der Waals surface area contributed by atoms with Crippen LogP contribution >= 0.6 is 0 Å². The van der Waals surface area contributed by atoms with Gasteiger partial charge in [-0.05, 0) is 12.1 Å². The van der Waals surface area contributed by atoms with Crippen LogP contribution in [0.5, 0.6) is 0 Å². The van der Waals surface area contributed by atoms with Crippen LogP contribution in [-0.4, -0.2) is 71.1 Å². The molecule has 0 bridgehead atoms. The van der Waals surface area contributed by atoms with Crippen molar-refractivity contribution in [1.29, 1.82) is 0 Å². The number of aromatic nitrogens is 2. The summed E-state index contributed by atoms with van der Waals surface area (Å²) in [6.07, 6.45) is 3.11. The number of rotatable bonds is 5. The van der Waals surface area contributed by atoms with Crippen molar-refractivity contribution in [2.75, 3.05) is 39.3 Å². The Balaban J connectivity index is 1.40. The number of carbonyl (C=O) groups is 2. The van der Waals surface area contributed by atoms with Crippen LogP contribution in [-0.2, 0) is 0 Å². The fourth-order valence-corrected chi connectivity index (χ4v) is 2.79. The molecule has 0 radical (unpaired) electrons. The molecule has 25 heavy (non-hydrogen) atoms. The van der Waals surface area contributed by atoms with Crippen molar-refractivity contribution in [2.24, 2.45) is 0 Å². The molecule has 1 aromatic carbocycles. The Hall–Kier alpha value is -2.74. The van der Waals surface area contributed by atoms with Crippen LogP contribution in [0.4, 0.5) is 4.39 Å². The van der Waals surface area contributed by atoms with E-state index in [0.29, 0.717) is 31.7 Å². The predicted octanol–water partition coefficient (Wildman–Crippen LogP) is 0.737. The third-order valence-corrected chi connectivity index (χ3v) is 4.24. The van der Waals surface area contributed by atoms with E-state index in [1.165, 1.54) is 18.3 Å². The van der Waals surface area contributed by atoms with Gasteiger partial charge in [-0.1, -0.05) is 12.1 Å². The number of halogens is 1. The van der Waals surface area contributed by atoms with Crippen LogP contribution in [0.15, 0.2) is 36.7 Å². The molecule has 2 amide bonds. The highest BCUT2D eigenvalue weighted by Gasteiger charge is 2.22. The lowest BCUT2D eigenvalue weighted by atomic mass is 10.2. The van der Waals surface area contributed by atoms with Crippen molar-refractivity contribution in [2.45, 2.75) is 0 Å². The maximum absolute atomic E-state index is 13.5. The highest BCUT2D eigenvalue weighted by atomic mass is 19.1. The first-order chi connectivity index (χ1) is 12.1. The SMILES string of the molecule is O=C(NCCN1CCN(C(=O)c2cn[nH]c2)CC1)c1ccccc1F. The zero-order valence-corrected chi connectivity index (χ0v) is 13.7. The number of hydrogen-bond donors (Lipinski definition) is 2. The number of aromatic amines is 1. The van der Waals surface area contributed by atoms with Gasteiger partial charge in [0.1, 0.15) is 5.82 Å². The minimum absolute atomic E-state index is 0.0266. The van der Waals surface area contributed by atoms with Crippen LogP contribution in [0, 0.1) is 5.82 Å². The van der Waals surface area contributed by atoms with E-state index in [-0.39, 0.29) is 11.5 Å². The largest absolute Gasteiger partial charge is 0.351 e. The number of H-pyrrole nitrogens is 1. The molecule has 0 atom stereocenters. The number of hydrogen-bond acceptors (Lipinski definition) is 4. The predicted molar refractivity (Wildman–Crippen MR) is 89.7 cm³/mol. The van der Waals surface area contributed by atoms with Crippen molar-refractivity contribution in [3.05, 3.63) is 53.6 Å². The molecule has 1 aromatic heterocycles. The fraction of sp³-hybridized carbons (Fsp3) is 0.353. The molecule has 1 fully saturated rings. The lowest BCUT2D eigenvalue weighted by molar-refractivity contribution is 0.0638. The quantitative estimate of drug-likeness (QED) is 0.837. The first-order valence-corrected chi connectivity index (χ1v) is 8.18. The molecule has 2 N–H and O–H groups in total. The maximum Gasteiger partial charge on any atom is 0.257 e. The molecule has 0 unspecified atom stereocenters. The minimum atomic E-state index is -0.522. The van der Waals surface area contributed by atoms with Crippen LogP contribution in [0.2, 0.25) is 0 Å². The van der Waals surface area contributed by atoms with E-state index < -0.39 is 11.7 Å². The molecule has 8 heteroatoms. The summed E-state index contributed by atoms with van der Waals surface area (Å²) in [6, 6.07) is 5.92. The van der Waals surface area contributed by atoms with Crippen molar-refractivity contribution in [3.8, 4) is 0 Å². The van der Waals surface area contributed by atoms with Gasteiger partial charge in [-0.15, -0.1) is 0 Å². The summed E-state index contributed by atoms with van der Waals surface area (Å²) in [5.74, 6) is -0.959. The average molecular weight is 345 g/mol. The molecule has 132 valence electrons. The first kappa shape index (κ1) is 17.1. The molecule has 0 aliphatic carbocycles.